The maximum Gasteiger partial charge on any atom is 0.259 e. The zero-order valence-electron chi connectivity index (χ0n) is 13.6. The molecule has 1 atom stereocenters. The average Bonchev–Trinajstić information content (AvgIpc) is 2.99. The second-order valence-corrected chi connectivity index (χ2v) is 6.77. The highest BCUT2D eigenvalue weighted by Gasteiger charge is 2.25. The zero-order valence-corrected chi connectivity index (χ0v) is 13.6. The molecule has 1 aliphatic rings. The van der Waals surface area contributed by atoms with E-state index in [4.69, 9.17) is 5.10 Å². The molecule has 3 aromatic rings. The summed E-state index contributed by atoms with van der Waals surface area (Å²) >= 11 is 0. The molecule has 0 radical (unpaired) electrons. The van der Waals surface area contributed by atoms with Gasteiger partial charge in [-0.3, -0.25) is 4.79 Å². The van der Waals surface area contributed by atoms with E-state index < -0.39 is 0 Å². The van der Waals surface area contributed by atoms with Crippen LogP contribution >= 0.6 is 0 Å². The lowest BCUT2D eigenvalue weighted by molar-refractivity contribution is 0.166. The quantitative estimate of drug-likeness (QED) is 0.792. The number of nitrogens with zero attached hydrogens (tertiary/aromatic N) is 3. The molecule has 2 aromatic heterocycles. The van der Waals surface area contributed by atoms with Gasteiger partial charge in [0.2, 0.25) is 0 Å². The van der Waals surface area contributed by atoms with E-state index in [1.807, 2.05) is 34.8 Å². The highest BCUT2D eigenvalue weighted by atomic mass is 16.1. The van der Waals surface area contributed by atoms with Gasteiger partial charge in [-0.25, -0.2) is 4.52 Å². The molecule has 0 spiro atoms. The van der Waals surface area contributed by atoms with Crippen molar-refractivity contribution in [2.24, 2.45) is 0 Å². The van der Waals surface area contributed by atoms with Crippen molar-refractivity contribution in [1.29, 1.82) is 0 Å². The number of H-pyrrole nitrogens is 1. The number of rotatable bonds is 2. The van der Waals surface area contributed by atoms with Crippen molar-refractivity contribution in [2.75, 3.05) is 13.1 Å². The Bertz CT molecular complexity index is 908. The molecular weight excluding hydrogens is 288 g/mol. The van der Waals surface area contributed by atoms with Gasteiger partial charge < -0.3 is 9.88 Å². The van der Waals surface area contributed by atoms with Crippen LogP contribution in [-0.4, -0.2) is 38.6 Å². The summed E-state index contributed by atoms with van der Waals surface area (Å²) in [6.45, 7) is 6.71. The van der Waals surface area contributed by atoms with Crippen molar-refractivity contribution in [3.63, 3.8) is 0 Å². The van der Waals surface area contributed by atoms with Crippen LogP contribution in [0.25, 0.3) is 16.6 Å². The molecule has 0 aliphatic carbocycles. The van der Waals surface area contributed by atoms with E-state index in [0.29, 0.717) is 17.3 Å². The number of aromatic amines is 1. The largest absolute Gasteiger partial charge is 0.306 e. The van der Waals surface area contributed by atoms with Gasteiger partial charge in [0, 0.05) is 24.6 Å². The predicted molar refractivity (Wildman–Crippen MR) is 92.0 cm³/mol. The number of piperidine rings is 1. The molecule has 1 aliphatic heterocycles. The molecule has 1 saturated heterocycles. The van der Waals surface area contributed by atoms with E-state index in [1.165, 1.54) is 13.0 Å². The SMILES string of the molecule is CC(C)N1CCCC(c2cc3[nH]c(=O)c4ccccc4n3n2)C1. The second-order valence-electron chi connectivity index (χ2n) is 6.77. The number of aromatic nitrogens is 3. The van der Waals surface area contributed by atoms with Crippen LogP contribution in [0, 0.1) is 0 Å². The normalized spacial score (nSPS) is 19.9. The maximum atomic E-state index is 12.2. The first-order valence-corrected chi connectivity index (χ1v) is 8.38. The number of hydrogen-bond donors (Lipinski definition) is 1. The molecule has 0 saturated carbocycles. The lowest BCUT2D eigenvalue weighted by Crippen LogP contribution is -2.39. The van der Waals surface area contributed by atoms with Crippen molar-refractivity contribution in [2.45, 2.75) is 38.6 Å². The highest BCUT2D eigenvalue weighted by Crippen LogP contribution is 2.28. The Morgan fingerprint density at radius 1 is 1.30 bits per heavy atom. The minimum absolute atomic E-state index is 0.0491. The molecule has 1 aromatic carbocycles. The zero-order chi connectivity index (χ0) is 16.0. The van der Waals surface area contributed by atoms with Gasteiger partial charge in [-0.1, -0.05) is 12.1 Å². The molecule has 5 heteroatoms. The third-order valence-electron chi connectivity index (χ3n) is 4.95. The maximum absolute atomic E-state index is 12.2. The van der Waals surface area contributed by atoms with Gasteiger partial charge in [0.05, 0.1) is 16.6 Å². The molecular formula is C18H22N4O. The number of para-hydroxylation sites is 1. The van der Waals surface area contributed by atoms with Crippen molar-refractivity contribution in [3.05, 3.63) is 46.4 Å². The molecule has 120 valence electrons. The van der Waals surface area contributed by atoms with E-state index >= 15 is 0 Å². The Labute approximate surface area is 134 Å². The Balaban J connectivity index is 1.80. The van der Waals surface area contributed by atoms with Gasteiger partial charge in [-0.05, 0) is 45.4 Å². The molecule has 23 heavy (non-hydrogen) atoms. The van der Waals surface area contributed by atoms with E-state index in [0.717, 1.165) is 29.8 Å². The van der Waals surface area contributed by atoms with E-state index in [1.54, 1.807) is 0 Å². The summed E-state index contributed by atoms with van der Waals surface area (Å²) < 4.78 is 1.88. The summed E-state index contributed by atoms with van der Waals surface area (Å²) in [5.74, 6) is 0.438. The molecule has 1 unspecified atom stereocenters. The van der Waals surface area contributed by atoms with Crippen LogP contribution in [0.2, 0.25) is 0 Å². The molecule has 1 N–H and O–H groups in total. The van der Waals surface area contributed by atoms with Gasteiger partial charge in [-0.2, -0.15) is 5.10 Å². The van der Waals surface area contributed by atoms with Crippen molar-refractivity contribution < 1.29 is 0 Å². The first-order valence-electron chi connectivity index (χ1n) is 8.38. The van der Waals surface area contributed by atoms with Crippen LogP contribution in [0.3, 0.4) is 0 Å². The fourth-order valence-electron chi connectivity index (χ4n) is 3.62. The smallest absolute Gasteiger partial charge is 0.259 e. The molecule has 3 heterocycles. The van der Waals surface area contributed by atoms with Crippen molar-refractivity contribution in [3.8, 4) is 0 Å². The minimum atomic E-state index is -0.0491. The molecule has 0 bridgehead atoms. The van der Waals surface area contributed by atoms with Crippen LogP contribution in [0.5, 0.6) is 0 Å². The van der Waals surface area contributed by atoms with E-state index in [9.17, 15) is 4.79 Å². The van der Waals surface area contributed by atoms with Crippen LogP contribution < -0.4 is 5.56 Å². The third kappa shape index (κ3) is 2.45. The fraction of sp³-hybridized carbons (Fsp3) is 0.444. The van der Waals surface area contributed by atoms with Crippen LogP contribution in [0.4, 0.5) is 0 Å². The van der Waals surface area contributed by atoms with E-state index in [-0.39, 0.29) is 5.56 Å². The number of fused-ring (bicyclic) bond motifs is 3. The lowest BCUT2D eigenvalue weighted by Gasteiger charge is -2.34. The predicted octanol–water partition coefficient (Wildman–Crippen LogP) is 2.76. The number of benzene rings is 1. The minimum Gasteiger partial charge on any atom is -0.306 e. The molecule has 5 nitrogen and oxygen atoms in total. The fourth-order valence-corrected chi connectivity index (χ4v) is 3.62. The van der Waals surface area contributed by atoms with E-state index in [2.05, 4.69) is 23.7 Å². The van der Waals surface area contributed by atoms with Gasteiger partial charge in [0.25, 0.3) is 5.56 Å². The first-order chi connectivity index (χ1) is 11.1. The lowest BCUT2D eigenvalue weighted by atomic mass is 9.94. The topological polar surface area (TPSA) is 53.4 Å². The van der Waals surface area contributed by atoms with Crippen molar-refractivity contribution >= 4 is 16.6 Å². The van der Waals surface area contributed by atoms with Gasteiger partial charge in [0.15, 0.2) is 0 Å². The number of nitrogens with one attached hydrogen (secondary N) is 1. The summed E-state index contributed by atoms with van der Waals surface area (Å²) in [7, 11) is 0. The Morgan fingerprint density at radius 2 is 2.13 bits per heavy atom. The van der Waals surface area contributed by atoms with Gasteiger partial charge in [-0.15, -0.1) is 0 Å². The summed E-state index contributed by atoms with van der Waals surface area (Å²) in [6, 6.07) is 10.2. The van der Waals surface area contributed by atoms with Gasteiger partial charge in [0.1, 0.15) is 5.65 Å². The Hall–Kier alpha value is -2.14. The van der Waals surface area contributed by atoms with Crippen molar-refractivity contribution in [1.82, 2.24) is 19.5 Å². The monoisotopic (exact) mass is 310 g/mol. The molecule has 4 rings (SSSR count). The van der Waals surface area contributed by atoms with Gasteiger partial charge >= 0.3 is 0 Å². The third-order valence-corrected chi connectivity index (χ3v) is 4.95. The number of likely N-dealkylation sites (tertiary alicyclic amines) is 1. The Morgan fingerprint density at radius 3 is 2.96 bits per heavy atom. The van der Waals surface area contributed by atoms with Crippen LogP contribution in [-0.2, 0) is 0 Å². The highest BCUT2D eigenvalue weighted by molar-refractivity contribution is 5.80. The molecule has 0 amide bonds. The second kappa shape index (κ2) is 5.49. The standard InChI is InChI=1S/C18H22N4O/c1-12(2)21-9-5-6-13(11-21)15-10-17-19-18(23)14-7-3-4-8-16(14)22(17)20-15/h3-4,7-8,10,12-13H,5-6,9,11H2,1-2H3,(H,19,23). The van der Waals surface area contributed by atoms with Crippen LogP contribution in [0.1, 0.15) is 38.3 Å². The number of hydrogen-bond acceptors (Lipinski definition) is 3. The summed E-state index contributed by atoms with van der Waals surface area (Å²) in [4.78, 5) is 17.7. The first kappa shape index (κ1) is 14.5. The average molecular weight is 310 g/mol. The summed E-state index contributed by atoms with van der Waals surface area (Å²) in [5, 5.41) is 5.50. The summed E-state index contributed by atoms with van der Waals surface area (Å²) in [5.41, 5.74) is 2.69. The Kier molecular flexibility index (Phi) is 3.45. The van der Waals surface area contributed by atoms with Crippen LogP contribution in [0.15, 0.2) is 35.1 Å². The summed E-state index contributed by atoms with van der Waals surface area (Å²) in [6.07, 6.45) is 2.36. The molecule has 1 fully saturated rings.